The normalized spacial score (nSPS) is 14.0. The number of hydrogen-bond donors (Lipinski definition) is 0. The third kappa shape index (κ3) is 4.85. The van der Waals surface area contributed by atoms with Gasteiger partial charge < -0.3 is 0 Å². The predicted octanol–water partition coefficient (Wildman–Crippen LogP) is 5.13. The van der Waals surface area contributed by atoms with Crippen molar-refractivity contribution in [2.45, 2.75) is 50.6 Å². The first-order chi connectivity index (χ1) is 8.06. The van der Waals surface area contributed by atoms with Crippen LogP contribution in [0.1, 0.15) is 32.6 Å². The molecule has 110 valence electrons. The van der Waals surface area contributed by atoms with Gasteiger partial charge in [0.2, 0.25) is 0 Å². The fourth-order valence-corrected chi connectivity index (χ4v) is 2.12. The third-order valence-corrected chi connectivity index (χ3v) is 3.38. The first-order valence-corrected chi connectivity index (χ1v) is 6.62. The first kappa shape index (κ1) is 17.9. The molecule has 0 saturated heterocycles. The van der Waals surface area contributed by atoms with E-state index in [1.807, 2.05) is 6.92 Å². The van der Waals surface area contributed by atoms with E-state index in [1.54, 1.807) is 0 Å². The molecule has 0 radical (unpaired) electrons. The minimum Gasteiger partial charge on any atom is -0.199 e. The molecule has 0 nitrogen and oxygen atoms in total. The van der Waals surface area contributed by atoms with Crippen molar-refractivity contribution >= 4 is 11.8 Å². The van der Waals surface area contributed by atoms with E-state index in [4.69, 9.17) is 0 Å². The Morgan fingerprint density at radius 3 is 1.83 bits per heavy atom. The molecule has 0 spiro atoms. The van der Waals surface area contributed by atoms with E-state index in [9.17, 15) is 30.7 Å². The molecule has 0 aromatic carbocycles. The van der Waals surface area contributed by atoms with E-state index in [2.05, 4.69) is 0 Å². The summed E-state index contributed by atoms with van der Waals surface area (Å²) in [5.74, 6) is -12.4. The maximum absolute atomic E-state index is 12.8. The molecule has 0 aliphatic rings. The summed E-state index contributed by atoms with van der Waals surface area (Å²) in [5, 5.41) is 0. The van der Waals surface area contributed by atoms with Gasteiger partial charge in [0, 0.05) is 0 Å². The summed E-state index contributed by atoms with van der Waals surface area (Å²) in [7, 11) is 0. The van der Waals surface area contributed by atoms with Gasteiger partial charge in [-0.2, -0.15) is 42.5 Å². The van der Waals surface area contributed by atoms with Crippen LogP contribution < -0.4 is 0 Å². The van der Waals surface area contributed by atoms with E-state index in [1.165, 1.54) is 0 Å². The van der Waals surface area contributed by atoms with Gasteiger partial charge in [-0.1, -0.05) is 26.2 Å². The number of halogens is 7. The highest BCUT2D eigenvalue weighted by Gasteiger charge is 2.72. The third-order valence-electron chi connectivity index (χ3n) is 2.24. The van der Waals surface area contributed by atoms with E-state index in [-0.39, 0.29) is 5.75 Å². The standard InChI is InChI=1S/C10H15F7S/c1-2-3-4-5-6-18-7-8(11,12)9(13,14)10(15,16)17/h2-7H2,1H3. The zero-order chi connectivity index (χ0) is 14.4. The molecule has 0 heterocycles. The lowest BCUT2D eigenvalue weighted by atomic mass is 10.2. The van der Waals surface area contributed by atoms with Crippen molar-refractivity contribution in [2.24, 2.45) is 0 Å². The summed E-state index contributed by atoms with van der Waals surface area (Å²) in [4.78, 5) is 0. The highest BCUT2D eigenvalue weighted by molar-refractivity contribution is 7.99. The molecule has 0 fully saturated rings. The summed E-state index contributed by atoms with van der Waals surface area (Å²) in [6.45, 7) is 1.94. The quantitative estimate of drug-likeness (QED) is 0.442. The molecule has 8 heteroatoms. The Morgan fingerprint density at radius 1 is 0.833 bits per heavy atom. The zero-order valence-electron chi connectivity index (χ0n) is 9.80. The molecule has 0 saturated carbocycles. The van der Waals surface area contributed by atoms with Gasteiger partial charge in [-0.25, -0.2) is 0 Å². The van der Waals surface area contributed by atoms with Crippen molar-refractivity contribution in [1.82, 2.24) is 0 Å². The van der Waals surface area contributed by atoms with E-state index in [0.29, 0.717) is 18.2 Å². The molecule has 0 N–H and O–H groups in total. The number of unbranched alkanes of at least 4 members (excludes halogenated alkanes) is 3. The van der Waals surface area contributed by atoms with Crippen LogP contribution in [-0.4, -0.2) is 29.5 Å². The van der Waals surface area contributed by atoms with Gasteiger partial charge in [0.05, 0.1) is 5.75 Å². The van der Waals surface area contributed by atoms with E-state index in [0.717, 1.165) is 19.3 Å². The van der Waals surface area contributed by atoms with Crippen LogP contribution in [0.3, 0.4) is 0 Å². The number of rotatable bonds is 8. The average molecular weight is 300 g/mol. The monoisotopic (exact) mass is 300 g/mol. The zero-order valence-corrected chi connectivity index (χ0v) is 10.6. The van der Waals surface area contributed by atoms with Crippen LogP contribution in [-0.2, 0) is 0 Å². The highest BCUT2D eigenvalue weighted by Crippen LogP contribution is 2.47. The lowest BCUT2D eigenvalue weighted by molar-refractivity contribution is -0.348. The van der Waals surface area contributed by atoms with Crippen molar-refractivity contribution < 1.29 is 30.7 Å². The maximum Gasteiger partial charge on any atom is 0.459 e. The Hall–Kier alpha value is -0.140. The Balaban J connectivity index is 4.15. The maximum atomic E-state index is 12.8. The van der Waals surface area contributed by atoms with Crippen molar-refractivity contribution in [3.8, 4) is 0 Å². The van der Waals surface area contributed by atoms with Crippen molar-refractivity contribution in [3.63, 3.8) is 0 Å². The largest absolute Gasteiger partial charge is 0.459 e. The van der Waals surface area contributed by atoms with E-state index >= 15 is 0 Å². The van der Waals surface area contributed by atoms with Gasteiger partial charge in [-0.05, 0) is 12.2 Å². The van der Waals surface area contributed by atoms with E-state index < -0.39 is 23.8 Å². The average Bonchev–Trinajstić information content (AvgIpc) is 2.21. The van der Waals surface area contributed by atoms with Gasteiger partial charge >= 0.3 is 18.0 Å². The summed E-state index contributed by atoms with van der Waals surface area (Å²) in [5.41, 5.74) is 0. The second kappa shape index (κ2) is 6.86. The summed E-state index contributed by atoms with van der Waals surface area (Å²) < 4.78 is 85.8. The van der Waals surface area contributed by atoms with Gasteiger partial charge in [-0.15, -0.1) is 0 Å². The topological polar surface area (TPSA) is 0 Å². The second-order valence-electron chi connectivity index (χ2n) is 3.89. The smallest absolute Gasteiger partial charge is 0.199 e. The number of thioether (sulfide) groups is 1. The predicted molar refractivity (Wildman–Crippen MR) is 57.4 cm³/mol. The van der Waals surface area contributed by atoms with Crippen LogP contribution in [0.4, 0.5) is 30.7 Å². The summed E-state index contributed by atoms with van der Waals surface area (Å²) in [6.07, 6.45) is -3.13. The fraction of sp³-hybridized carbons (Fsp3) is 1.00. The van der Waals surface area contributed by atoms with Crippen molar-refractivity contribution in [2.75, 3.05) is 11.5 Å². The molecule has 0 aliphatic heterocycles. The summed E-state index contributed by atoms with van der Waals surface area (Å²) >= 11 is 0.424. The van der Waals surface area contributed by atoms with Gasteiger partial charge in [-0.3, -0.25) is 0 Å². The molecular weight excluding hydrogens is 285 g/mol. The van der Waals surface area contributed by atoms with Gasteiger partial charge in [0.1, 0.15) is 0 Å². The molecular formula is C10H15F7S. The second-order valence-corrected chi connectivity index (χ2v) is 5.00. The van der Waals surface area contributed by atoms with Crippen LogP contribution in [0.25, 0.3) is 0 Å². The highest BCUT2D eigenvalue weighted by atomic mass is 32.2. The Bertz CT molecular complexity index is 237. The van der Waals surface area contributed by atoms with Crippen LogP contribution in [0.5, 0.6) is 0 Å². The molecule has 0 rings (SSSR count). The Labute approximate surface area is 105 Å². The van der Waals surface area contributed by atoms with Gasteiger partial charge in [0.15, 0.2) is 0 Å². The van der Waals surface area contributed by atoms with Crippen molar-refractivity contribution in [1.29, 1.82) is 0 Å². The van der Waals surface area contributed by atoms with Gasteiger partial charge in [0.25, 0.3) is 0 Å². The van der Waals surface area contributed by atoms with Crippen LogP contribution in [0.15, 0.2) is 0 Å². The molecule has 0 unspecified atom stereocenters. The molecule has 0 atom stereocenters. The van der Waals surface area contributed by atoms with Crippen LogP contribution in [0.2, 0.25) is 0 Å². The number of alkyl halides is 7. The number of hydrogen-bond acceptors (Lipinski definition) is 1. The molecule has 18 heavy (non-hydrogen) atoms. The van der Waals surface area contributed by atoms with Crippen molar-refractivity contribution in [3.05, 3.63) is 0 Å². The Kier molecular flexibility index (Phi) is 6.81. The molecule has 0 aliphatic carbocycles. The lowest BCUT2D eigenvalue weighted by Gasteiger charge is -2.27. The fourth-order valence-electron chi connectivity index (χ4n) is 1.13. The SMILES string of the molecule is CCCCCCSCC(F)(F)C(F)(F)C(F)(F)F. The minimum absolute atomic E-state index is 0.156. The molecule has 0 bridgehead atoms. The molecule has 0 aromatic rings. The summed E-state index contributed by atoms with van der Waals surface area (Å²) in [6, 6.07) is 0. The van der Waals surface area contributed by atoms with Crippen LogP contribution in [0, 0.1) is 0 Å². The molecule has 0 aromatic heterocycles. The first-order valence-electron chi connectivity index (χ1n) is 5.46. The van der Waals surface area contributed by atoms with Crippen LogP contribution >= 0.6 is 11.8 Å². The minimum atomic E-state index is -6.22. The molecule has 0 amide bonds. The lowest BCUT2D eigenvalue weighted by Crippen LogP contribution is -2.53. The Morgan fingerprint density at radius 2 is 1.39 bits per heavy atom.